The van der Waals surface area contributed by atoms with Crippen molar-refractivity contribution in [3.05, 3.63) is 33.3 Å². The van der Waals surface area contributed by atoms with Crippen molar-refractivity contribution < 1.29 is 4.92 Å². The Morgan fingerprint density at radius 2 is 1.95 bits per heavy atom. The molecule has 1 aromatic carbocycles. The van der Waals surface area contributed by atoms with E-state index in [1.54, 1.807) is 0 Å². The monoisotopic (exact) mass is 327 g/mol. The van der Waals surface area contributed by atoms with Crippen molar-refractivity contribution in [3.63, 3.8) is 0 Å². The van der Waals surface area contributed by atoms with Crippen molar-refractivity contribution in [2.75, 3.05) is 5.32 Å². The second kappa shape index (κ2) is 7.56. The molecule has 1 aliphatic rings. The third-order valence-corrected chi connectivity index (χ3v) is 4.15. The van der Waals surface area contributed by atoms with Crippen LogP contribution in [0.1, 0.15) is 38.5 Å². The standard InChI is InChI=1S/C14H18ClN3O2S/c15-12-8-7-11(18(19)20)9-13(12)17-14(21)16-10-5-3-1-2-4-6-10/h7-10H,1-6H2,(H2,16,17,21). The van der Waals surface area contributed by atoms with Crippen molar-refractivity contribution >= 4 is 40.3 Å². The van der Waals surface area contributed by atoms with Crippen LogP contribution in [-0.4, -0.2) is 16.1 Å². The zero-order chi connectivity index (χ0) is 15.2. The largest absolute Gasteiger partial charge is 0.360 e. The molecule has 0 amide bonds. The van der Waals surface area contributed by atoms with Gasteiger partial charge in [-0.2, -0.15) is 0 Å². The molecule has 1 aromatic rings. The summed E-state index contributed by atoms with van der Waals surface area (Å²) in [6, 6.07) is 4.62. The molecule has 114 valence electrons. The molecular weight excluding hydrogens is 310 g/mol. The van der Waals surface area contributed by atoms with E-state index in [2.05, 4.69) is 10.6 Å². The Morgan fingerprint density at radius 1 is 1.29 bits per heavy atom. The molecule has 0 unspecified atom stereocenters. The summed E-state index contributed by atoms with van der Waals surface area (Å²) < 4.78 is 0. The van der Waals surface area contributed by atoms with Crippen LogP contribution < -0.4 is 10.6 Å². The van der Waals surface area contributed by atoms with Crippen LogP contribution in [0, 0.1) is 10.1 Å². The van der Waals surface area contributed by atoms with Crippen molar-refractivity contribution in [2.45, 2.75) is 44.6 Å². The number of hydrogen-bond donors (Lipinski definition) is 2. The van der Waals surface area contributed by atoms with Crippen LogP contribution >= 0.6 is 23.8 Å². The summed E-state index contributed by atoms with van der Waals surface area (Å²) >= 11 is 11.3. The summed E-state index contributed by atoms with van der Waals surface area (Å²) in [5.41, 5.74) is 0.441. The molecular formula is C14H18ClN3O2S. The van der Waals surface area contributed by atoms with Crippen LogP contribution in [-0.2, 0) is 0 Å². The number of benzene rings is 1. The van der Waals surface area contributed by atoms with Crippen molar-refractivity contribution in [2.24, 2.45) is 0 Å². The Labute approximate surface area is 134 Å². The Balaban J connectivity index is 1.98. The SMILES string of the molecule is O=[N+]([O-])c1ccc(Cl)c(NC(=S)NC2CCCCCC2)c1. The quantitative estimate of drug-likeness (QED) is 0.376. The number of nitrogens with one attached hydrogen (secondary N) is 2. The smallest absolute Gasteiger partial charge is 0.271 e. The summed E-state index contributed by atoms with van der Waals surface area (Å²) in [4.78, 5) is 10.3. The molecule has 7 heteroatoms. The highest BCUT2D eigenvalue weighted by Gasteiger charge is 2.15. The van der Waals surface area contributed by atoms with Gasteiger partial charge in [0.05, 0.1) is 15.6 Å². The summed E-state index contributed by atoms with van der Waals surface area (Å²) in [5, 5.41) is 17.9. The maximum atomic E-state index is 10.8. The summed E-state index contributed by atoms with van der Waals surface area (Å²) in [7, 11) is 0. The lowest BCUT2D eigenvalue weighted by atomic mass is 10.1. The molecule has 1 saturated carbocycles. The summed E-state index contributed by atoms with van der Waals surface area (Å²) in [6.07, 6.45) is 7.16. The molecule has 2 N–H and O–H groups in total. The summed E-state index contributed by atoms with van der Waals surface area (Å²) in [5.74, 6) is 0. The third kappa shape index (κ3) is 4.82. The molecule has 1 fully saturated rings. The Kier molecular flexibility index (Phi) is 5.76. The first-order chi connectivity index (χ1) is 10.1. The molecule has 0 radical (unpaired) electrons. The van der Waals surface area contributed by atoms with Crippen LogP contribution in [0.15, 0.2) is 18.2 Å². The number of nitro groups is 1. The van der Waals surface area contributed by atoms with Gasteiger partial charge in [-0.1, -0.05) is 37.3 Å². The topological polar surface area (TPSA) is 67.2 Å². The normalized spacial score (nSPS) is 16.0. The molecule has 0 saturated heterocycles. The van der Waals surface area contributed by atoms with Crippen LogP contribution in [0.3, 0.4) is 0 Å². The van der Waals surface area contributed by atoms with Crippen molar-refractivity contribution in [1.82, 2.24) is 5.32 Å². The van der Waals surface area contributed by atoms with E-state index in [0.29, 0.717) is 21.9 Å². The molecule has 1 aliphatic carbocycles. The van der Waals surface area contributed by atoms with E-state index in [-0.39, 0.29) is 5.69 Å². The molecule has 0 atom stereocenters. The van der Waals surface area contributed by atoms with E-state index < -0.39 is 4.92 Å². The summed E-state index contributed by atoms with van der Waals surface area (Å²) in [6.45, 7) is 0. The van der Waals surface area contributed by atoms with E-state index in [4.69, 9.17) is 23.8 Å². The lowest BCUT2D eigenvalue weighted by Crippen LogP contribution is -2.37. The fraction of sp³-hybridized carbons (Fsp3) is 0.500. The minimum Gasteiger partial charge on any atom is -0.360 e. The lowest BCUT2D eigenvalue weighted by Gasteiger charge is -2.19. The molecule has 0 spiro atoms. The zero-order valence-electron chi connectivity index (χ0n) is 11.6. The number of nitro benzene ring substituents is 1. The van der Waals surface area contributed by atoms with Gasteiger partial charge in [0.2, 0.25) is 0 Å². The number of thiocarbonyl (C=S) groups is 1. The highest BCUT2D eigenvalue weighted by atomic mass is 35.5. The van der Waals surface area contributed by atoms with Gasteiger partial charge in [0, 0.05) is 18.2 Å². The van der Waals surface area contributed by atoms with Crippen LogP contribution in [0.5, 0.6) is 0 Å². The Morgan fingerprint density at radius 3 is 2.57 bits per heavy atom. The Hall–Kier alpha value is -1.40. The first kappa shape index (κ1) is 16.0. The van der Waals surface area contributed by atoms with E-state index in [1.165, 1.54) is 43.9 Å². The molecule has 0 aliphatic heterocycles. The highest BCUT2D eigenvalue weighted by molar-refractivity contribution is 7.80. The second-order valence-corrected chi connectivity index (χ2v) is 6.02. The number of rotatable bonds is 3. The van der Waals surface area contributed by atoms with Gasteiger partial charge >= 0.3 is 0 Å². The van der Waals surface area contributed by atoms with Crippen LogP contribution in [0.25, 0.3) is 0 Å². The average molecular weight is 328 g/mol. The van der Waals surface area contributed by atoms with Gasteiger partial charge in [0.1, 0.15) is 0 Å². The fourth-order valence-corrected chi connectivity index (χ4v) is 2.93. The first-order valence-corrected chi connectivity index (χ1v) is 7.86. The van der Waals surface area contributed by atoms with Crippen LogP contribution in [0.2, 0.25) is 5.02 Å². The van der Waals surface area contributed by atoms with Gasteiger partial charge < -0.3 is 10.6 Å². The van der Waals surface area contributed by atoms with Gasteiger partial charge in [-0.25, -0.2) is 0 Å². The van der Waals surface area contributed by atoms with Gasteiger partial charge in [0.15, 0.2) is 5.11 Å². The molecule has 0 heterocycles. The number of nitrogens with zero attached hydrogens (tertiary/aromatic N) is 1. The molecule has 2 rings (SSSR count). The first-order valence-electron chi connectivity index (χ1n) is 7.08. The average Bonchev–Trinajstić information content (AvgIpc) is 2.69. The number of hydrogen-bond acceptors (Lipinski definition) is 3. The van der Waals surface area contributed by atoms with E-state index in [9.17, 15) is 10.1 Å². The minimum absolute atomic E-state index is 0.0147. The van der Waals surface area contributed by atoms with Crippen LogP contribution in [0.4, 0.5) is 11.4 Å². The zero-order valence-corrected chi connectivity index (χ0v) is 13.2. The van der Waals surface area contributed by atoms with Gasteiger partial charge in [0.25, 0.3) is 5.69 Å². The fourth-order valence-electron chi connectivity index (χ4n) is 2.49. The van der Waals surface area contributed by atoms with Gasteiger partial charge in [-0.15, -0.1) is 0 Å². The van der Waals surface area contributed by atoms with E-state index in [1.807, 2.05) is 0 Å². The number of non-ortho nitro benzene ring substituents is 1. The molecule has 0 aromatic heterocycles. The molecule has 21 heavy (non-hydrogen) atoms. The predicted molar refractivity (Wildman–Crippen MR) is 89.0 cm³/mol. The molecule has 5 nitrogen and oxygen atoms in total. The van der Waals surface area contributed by atoms with E-state index in [0.717, 1.165) is 12.8 Å². The van der Waals surface area contributed by atoms with Crippen molar-refractivity contribution in [1.29, 1.82) is 0 Å². The highest BCUT2D eigenvalue weighted by Crippen LogP contribution is 2.26. The third-order valence-electron chi connectivity index (χ3n) is 3.60. The second-order valence-electron chi connectivity index (χ2n) is 5.21. The maximum absolute atomic E-state index is 10.8. The molecule has 0 bridgehead atoms. The number of halogens is 1. The predicted octanol–water partition coefficient (Wildman–Crippen LogP) is 4.26. The van der Waals surface area contributed by atoms with E-state index >= 15 is 0 Å². The van der Waals surface area contributed by atoms with Gasteiger partial charge in [-0.3, -0.25) is 10.1 Å². The Bertz CT molecular complexity index is 531. The minimum atomic E-state index is -0.455. The van der Waals surface area contributed by atoms with Gasteiger partial charge in [-0.05, 0) is 31.1 Å². The number of anilines is 1. The maximum Gasteiger partial charge on any atom is 0.271 e. The van der Waals surface area contributed by atoms with Crippen molar-refractivity contribution in [3.8, 4) is 0 Å². The lowest BCUT2D eigenvalue weighted by molar-refractivity contribution is -0.384.